The first-order valence-electron chi connectivity index (χ1n) is 8.12. The molecule has 1 saturated heterocycles. The van der Waals surface area contributed by atoms with Crippen molar-refractivity contribution in [3.63, 3.8) is 0 Å². The standard InChI is InChI=1S/C16H32N2O/c1-15(2)6-8-16(14-17,9-7-15)19-13-5-12-18-10-3-4-11-18/h3-14,17H2,1-2H3. The Balaban J connectivity index is 1.67. The molecule has 0 bridgehead atoms. The highest BCUT2D eigenvalue weighted by Crippen LogP contribution is 2.41. The zero-order valence-electron chi connectivity index (χ0n) is 12.9. The third-order valence-corrected chi connectivity index (χ3v) is 5.11. The Bertz CT molecular complexity index is 262. The summed E-state index contributed by atoms with van der Waals surface area (Å²) in [6.45, 7) is 10.1. The molecule has 0 aromatic carbocycles. The molecule has 0 unspecified atom stereocenters. The first-order valence-corrected chi connectivity index (χ1v) is 8.12. The molecular formula is C16H32N2O. The Morgan fingerprint density at radius 2 is 1.68 bits per heavy atom. The minimum Gasteiger partial charge on any atom is -0.374 e. The lowest BCUT2D eigenvalue weighted by molar-refractivity contribution is -0.0828. The summed E-state index contributed by atoms with van der Waals surface area (Å²) in [7, 11) is 0. The highest BCUT2D eigenvalue weighted by Gasteiger charge is 2.38. The fraction of sp³-hybridized carbons (Fsp3) is 1.00. The molecule has 2 rings (SSSR count). The Morgan fingerprint density at radius 3 is 2.26 bits per heavy atom. The van der Waals surface area contributed by atoms with Gasteiger partial charge < -0.3 is 15.4 Å². The van der Waals surface area contributed by atoms with Crippen molar-refractivity contribution in [1.82, 2.24) is 4.90 Å². The maximum absolute atomic E-state index is 6.22. The van der Waals surface area contributed by atoms with E-state index in [1.165, 1.54) is 45.3 Å². The summed E-state index contributed by atoms with van der Waals surface area (Å²) in [5.74, 6) is 0. The van der Waals surface area contributed by atoms with Crippen LogP contribution in [0.15, 0.2) is 0 Å². The van der Waals surface area contributed by atoms with Crippen molar-refractivity contribution < 1.29 is 4.74 Å². The number of rotatable bonds is 6. The van der Waals surface area contributed by atoms with Crippen molar-refractivity contribution in [3.05, 3.63) is 0 Å². The number of ether oxygens (including phenoxy) is 1. The van der Waals surface area contributed by atoms with Gasteiger partial charge in [0.25, 0.3) is 0 Å². The van der Waals surface area contributed by atoms with Crippen molar-refractivity contribution in [2.24, 2.45) is 11.1 Å². The van der Waals surface area contributed by atoms with Gasteiger partial charge in [-0.2, -0.15) is 0 Å². The average Bonchev–Trinajstić information content (AvgIpc) is 2.90. The van der Waals surface area contributed by atoms with Gasteiger partial charge in [-0.1, -0.05) is 13.8 Å². The van der Waals surface area contributed by atoms with Gasteiger partial charge in [0.1, 0.15) is 0 Å². The minimum atomic E-state index is -0.0134. The second kappa shape index (κ2) is 6.55. The number of hydrogen-bond acceptors (Lipinski definition) is 3. The van der Waals surface area contributed by atoms with Crippen LogP contribution in [0, 0.1) is 5.41 Å². The average molecular weight is 268 g/mol. The Hall–Kier alpha value is -0.120. The van der Waals surface area contributed by atoms with E-state index in [0.29, 0.717) is 12.0 Å². The van der Waals surface area contributed by atoms with Crippen molar-refractivity contribution in [2.75, 3.05) is 32.8 Å². The van der Waals surface area contributed by atoms with Gasteiger partial charge in [0.2, 0.25) is 0 Å². The van der Waals surface area contributed by atoms with Crippen molar-refractivity contribution >= 4 is 0 Å². The van der Waals surface area contributed by atoms with Crippen LogP contribution in [0.2, 0.25) is 0 Å². The SMILES string of the molecule is CC1(C)CCC(CN)(OCCCN2CCCC2)CC1. The van der Waals surface area contributed by atoms with E-state index in [1.807, 2.05) is 0 Å². The predicted molar refractivity (Wildman–Crippen MR) is 80.3 cm³/mol. The summed E-state index contributed by atoms with van der Waals surface area (Å²) in [6, 6.07) is 0. The predicted octanol–water partition coefficient (Wildman–Crippen LogP) is 2.79. The molecular weight excluding hydrogens is 236 g/mol. The van der Waals surface area contributed by atoms with Crippen LogP contribution in [-0.2, 0) is 4.74 Å². The fourth-order valence-electron chi connectivity index (χ4n) is 3.37. The van der Waals surface area contributed by atoms with Crippen LogP contribution in [0.4, 0.5) is 0 Å². The summed E-state index contributed by atoms with van der Waals surface area (Å²) in [4.78, 5) is 2.56. The van der Waals surface area contributed by atoms with Crippen LogP contribution in [0.1, 0.15) is 58.8 Å². The normalized spacial score (nSPS) is 26.7. The van der Waals surface area contributed by atoms with Gasteiger partial charge in [-0.25, -0.2) is 0 Å². The van der Waals surface area contributed by atoms with E-state index in [2.05, 4.69) is 18.7 Å². The monoisotopic (exact) mass is 268 g/mol. The van der Waals surface area contributed by atoms with Crippen molar-refractivity contribution in [1.29, 1.82) is 0 Å². The first kappa shape index (κ1) is 15.3. The number of hydrogen-bond donors (Lipinski definition) is 1. The van der Waals surface area contributed by atoms with Crippen molar-refractivity contribution in [2.45, 2.75) is 64.4 Å². The van der Waals surface area contributed by atoms with Gasteiger partial charge >= 0.3 is 0 Å². The van der Waals surface area contributed by atoms with Gasteiger partial charge in [0.15, 0.2) is 0 Å². The van der Waals surface area contributed by atoms with E-state index in [-0.39, 0.29) is 5.60 Å². The molecule has 1 aliphatic carbocycles. The quantitative estimate of drug-likeness (QED) is 0.753. The summed E-state index contributed by atoms with van der Waals surface area (Å²) < 4.78 is 6.22. The molecule has 3 heteroatoms. The number of likely N-dealkylation sites (tertiary alicyclic amines) is 1. The molecule has 2 N–H and O–H groups in total. The maximum Gasteiger partial charge on any atom is 0.0804 e. The molecule has 0 spiro atoms. The molecule has 0 aromatic rings. The van der Waals surface area contributed by atoms with Crippen LogP contribution in [-0.4, -0.2) is 43.3 Å². The van der Waals surface area contributed by atoms with E-state index >= 15 is 0 Å². The molecule has 2 fully saturated rings. The van der Waals surface area contributed by atoms with E-state index in [1.54, 1.807) is 0 Å². The fourth-order valence-corrected chi connectivity index (χ4v) is 3.37. The van der Waals surface area contributed by atoms with E-state index in [0.717, 1.165) is 25.9 Å². The molecule has 0 aromatic heterocycles. The zero-order chi connectivity index (χ0) is 13.8. The second-order valence-corrected chi connectivity index (χ2v) is 7.30. The van der Waals surface area contributed by atoms with Gasteiger partial charge in [0.05, 0.1) is 5.60 Å². The number of nitrogens with zero attached hydrogens (tertiary/aromatic N) is 1. The summed E-state index contributed by atoms with van der Waals surface area (Å²) in [6.07, 6.45) is 8.68. The lowest BCUT2D eigenvalue weighted by atomic mass is 9.71. The van der Waals surface area contributed by atoms with Gasteiger partial charge in [-0.3, -0.25) is 0 Å². The molecule has 0 radical (unpaired) electrons. The molecule has 2 aliphatic rings. The highest BCUT2D eigenvalue weighted by molar-refractivity contribution is 4.91. The molecule has 3 nitrogen and oxygen atoms in total. The smallest absolute Gasteiger partial charge is 0.0804 e. The van der Waals surface area contributed by atoms with E-state index in [4.69, 9.17) is 10.5 Å². The van der Waals surface area contributed by atoms with Crippen LogP contribution in [0.25, 0.3) is 0 Å². The Kier molecular flexibility index (Phi) is 5.27. The third-order valence-electron chi connectivity index (χ3n) is 5.11. The van der Waals surface area contributed by atoms with Crippen LogP contribution in [0.3, 0.4) is 0 Å². The van der Waals surface area contributed by atoms with Crippen LogP contribution >= 0.6 is 0 Å². The summed E-state index contributed by atoms with van der Waals surface area (Å²) >= 11 is 0. The van der Waals surface area contributed by atoms with E-state index < -0.39 is 0 Å². The molecule has 1 aliphatic heterocycles. The highest BCUT2D eigenvalue weighted by atomic mass is 16.5. The minimum absolute atomic E-state index is 0.0134. The van der Waals surface area contributed by atoms with E-state index in [9.17, 15) is 0 Å². The summed E-state index contributed by atoms with van der Waals surface area (Å²) in [5.41, 5.74) is 6.47. The van der Waals surface area contributed by atoms with Gasteiger partial charge in [-0.05, 0) is 63.5 Å². The Labute approximate surface area is 118 Å². The largest absolute Gasteiger partial charge is 0.374 e. The van der Waals surface area contributed by atoms with Gasteiger partial charge in [0, 0.05) is 19.7 Å². The third kappa shape index (κ3) is 4.44. The molecule has 1 saturated carbocycles. The topological polar surface area (TPSA) is 38.5 Å². The lowest BCUT2D eigenvalue weighted by Crippen LogP contribution is -2.46. The molecule has 0 atom stereocenters. The first-order chi connectivity index (χ1) is 9.05. The van der Waals surface area contributed by atoms with Crippen LogP contribution in [0.5, 0.6) is 0 Å². The molecule has 1 heterocycles. The number of nitrogens with two attached hydrogens (primary N) is 1. The maximum atomic E-state index is 6.22. The van der Waals surface area contributed by atoms with Gasteiger partial charge in [-0.15, -0.1) is 0 Å². The Morgan fingerprint density at radius 1 is 1.05 bits per heavy atom. The molecule has 19 heavy (non-hydrogen) atoms. The van der Waals surface area contributed by atoms with Crippen molar-refractivity contribution in [3.8, 4) is 0 Å². The summed E-state index contributed by atoms with van der Waals surface area (Å²) in [5, 5.41) is 0. The van der Waals surface area contributed by atoms with Crippen LogP contribution < -0.4 is 5.73 Å². The molecule has 112 valence electrons. The lowest BCUT2D eigenvalue weighted by Gasteiger charge is -2.43. The zero-order valence-corrected chi connectivity index (χ0v) is 12.9. The second-order valence-electron chi connectivity index (χ2n) is 7.30. The molecule has 0 amide bonds.